The lowest BCUT2D eigenvalue weighted by Crippen LogP contribution is -2.61. The number of Topliss-reactive ketones (excluding diaryl/α,β-unsaturated/α-hetero) is 1. The van der Waals surface area contributed by atoms with Crippen LogP contribution >= 0.6 is 0 Å². The molecule has 1 spiro atoms. The largest absolute Gasteiger partial charge is 0.378 e. The van der Waals surface area contributed by atoms with Gasteiger partial charge in [0.15, 0.2) is 5.79 Å². The van der Waals surface area contributed by atoms with Crippen LogP contribution in [0.4, 0.5) is 0 Å². The molecule has 0 aromatic carbocycles. The maximum atomic E-state index is 14.0. The minimum Gasteiger partial charge on any atom is -0.378 e. The smallest absolute Gasteiger partial charge is 0.172 e. The molecule has 11 aliphatic heterocycles. The maximum Gasteiger partial charge on any atom is 0.172 e. The fourth-order valence-electron chi connectivity index (χ4n) is 11.1. The van der Waals surface area contributed by atoms with E-state index in [0.717, 1.165) is 82.0 Å². The van der Waals surface area contributed by atoms with Crippen LogP contribution in [-0.4, -0.2) is 123 Å². The molecular formula is C39H54O11. The van der Waals surface area contributed by atoms with Crippen LogP contribution in [0, 0.1) is 5.92 Å². The Balaban J connectivity index is 0.925. The van der Waals surface area contributed by atoms with Crippen LogP contribution in [0.3, 0.4) is 0 Å². The molecule has 12 bridgehead atoms. The van der Waals surface area contributed by atoms with Crippen molar-refractivity contribution in [3.63, 3.8) is 0 Å². The molecule has 276 valence electrons. The number of ketones is 1. The van der Waals surface area contributed by atoms with Crippen molar-refractivity contribution >= 4 is 5.78 Å². The van der Waals surface area contributed by atoms with Crippen molar-refractivity contribution in [3.05, 3.63) is 24.3 Å². The van der Waals surface area contributed by atoms with Gasteiger partial charge in [-0.2, -0.15) is 0 Å². The van der Waals surface area contributed by atoms with Crippen molar-refractivity contribution in [2.45, 2.75) is 193 Å². The topological polar surface area (TPSA) is 113 Å². The van der Waals surface area contributed by atoms with Gasteiger partial charge in [-0.1, -0.05) is 13.2 Å². The Bertz CT molecular complexity index is 1350. The summed E-state index contributed by atoms with van der Waals surface area (Å²) in [5, 5.41) is 0. The fourth-order valence-corrected chi connectivity index (χ4v) is 11.1. The lowest BCUT2D eigenvalue weighted by atomic mass is 9.83. The SMILES string of the molecule is C=C1CC2CC[C@@]34CC5OC6[C@@H](OC7CCC(CC(=O)CC8[C@@H](OC)C(CC9CO9)O[C@H]8CC8OC(CCC8=C)CCC1O2)O[C@@H]7[C@@H]6O3)C5O4. The van der Waals surface area contributed by atoms with Crippen molar-refractivity contribution in [3.8, 4) is 0 Å². The number of epoxide rings is 1. The monoisotopic (exact) mass is 698 g/mol. The van der Waals surface area contributed by atoms with Gasteiger partial charge in [0.2, 0.25) is 0 Å². The van der Waals surface area contributed by atoms with Gasteiger partial charge in [-0.05, 0) is 62.5 Å². The minimum atomic E-state index is -0.754. The Kier molecular flexibility index (Phi) is 8.64. The first kappa shape index (κ1) is 33.3. The lowest BCUT2D eigenvalue weighted by Gasteiger charge is -2.47. The number of methoxy groups -OCH3 is 1. The summed E-state index contributed by atoms with van der Waals surface area (Å²) >= 11 is 0. The quantitative estimate of drug-likeness (QED) is 0.311. The van der Waals surface area contributed by atoms with Gasteiger partial charge in [0, 0.05) is 51.6 Å². The van der Waals surface area contributed by atoms with Crippen molar-refractivity contribution in [2.24, 2.45) is 5.92 Å². The summed E-state index contributed by atoms with van der Waals surface area (Å²) in [4.78, 5) is 14.0. The van der Waals surface area contributed by atoms with Crippen molar-refractivity contribution in [1.29, 1.82) is 0 Å². The van der Waals surface area contributed by atoms with Crippen LogP contribution in [-0.2, 0) is 52.2 Å². The maximum absolute atomic E-state index is 14.0. The summed E-state index contributed by atoms with van der Waals surface area (Å²) < 4.78 is 65.7. The minimum absolute atomic E-state index is 0.0216. The van der Waals surface area contributed by atoms with E-state index in [1.165, 1.54) is 0 Å². The molecule has 0 aromatic heterocycles. The first-order valence-corrected chi connectivity index (χ1v) is 19.6. The summed E-state index contributed by atoms with van der Waals surface area (Å²) in [5.41, 5.74) is 2.27. The zero-order chi connectivity index (χ0) is 33.7. The van der Waals surface area contributed by atoms with E-state index in [-0.39, 0.29) is 109 Å². The Morgan fingerprint density at radius 2 is 1.50 bits per heavy atom. The molecule has 0 N–H and O–H groups in total. The molecule has 0 saturated carbocycles. The summed E-state index contributed by atoms with van der Waals surface area (Å²) in [6.45, 7) is 9.61. The highest BCUT2D eigenvalue weighted by Crippen LogP contribution is 2.54. The molecule has 11 rings (SSSR count). The Hall–Kier alpha value is -1.25. The highest BCUT2D eigenvalue weighted by Gasteiger charge is 2.68. The Morgan fingerprint density at radius 3 is 2.36 bits per heavy atom. The van der Waals surface area contributed by atoms with Gasteiger partial charge in [-0.25, -0.2) is 0 Å². The molecule has 11 saturated heterocycles. The highest BCUT2D eigenvalue weighted by atomic mass is 16.8. The van der Waals surface area contributed by atoms with Crippen LogP contribution in [0.2, 0.25) is 0 Å². The van der Waals surface area contributed by atoms with Gasteiger partial charge >= 0.3 is 0 Å². The Labute approximate surface area is 294 Å². The fraction of sp³-hybridized carbons (Fsp3) is 0.872. The number of hydrogen-bond donors (Lipinski definition) is 0. The van der Waals surface area contributed by atoms with E-state index in [4.69, 9.17) is 47.4 Å². The molecule has 0 aliphatic carbocycles. The molecule has 0 amide bonds. The molecular weight excluding hydrogens is 644 g/mol. The van der Waals surface area contributed by atoms with Gasteiger partial charge in [-0.15, -0.1) is 0 Å². The van der Waals surface area contributed by atoms with Crippen LogP contribution in [0.25, 0.3) is 0 Å². The van der Waals surface area contributed by atoms with E-state index >= 15 is 0 Å². The first-order chi connectivity index (χ1) is 24.3. The van der Waals surface area contributed by atoms with Crippen molar-refractivity contribution < 1.29 is 52.2 Å². The van der Waals surface area contributed by atoms with E-state index in [0.29, 0.717) is 25.7 Å². The van der Waals surface area contributed by atoms with E-state index in [2.05, 4.69) is 13.2 Å². The average molecular weight is 699 g/mol. The van der Waals surface area contributed by atoms with Gasteiger partial charge in [0.1, 0.15) is 36.3 Å². The number of carbonyl (C=O) groups excluding carboxylic acids is 1. The predicted molar refractivity (Wildman–Crippen MR) is 176 cm³/mol. The van der Waals surface area contributed by atoms with Gasteiger partial charge in [0.05, 0.1) is 73.8 Å². The highest BCUT2D eigenvalue weighted by molar-refractivity contribution is 5.79. The van der Waals surface area contributed by atoms with E-state index in [9.17, 15) is 4.79 Å². The summed E-state index contributed by atoms with van der Waals surface area (Å²) in [5.74, 6) is -0.673. The summed E-state index contributed by atoms with van der Waals surface area (Å²) in [6, 6.07) is 0. The third kappa shape index (κ3) is 6.00. The number of rotatable bonds is 3. The summed E-state index contributed by atoms with van der Waals surface area (Å²) in [7, 11) is 1.74. The second-order valence-electron chi connectivity index (χ2n) is 17.0. The van der Waals surface area contributed by atoms with E-state index in [1.807, 2.05) is 0 Å². The average Bonchev–Trinajstić information content (AvgIpc) is 3.55. The summed E-state index contributed by atoms with van der Waals surface area (Å²) in [6.07, 6.45) is 8.75. The third-order valence-corrected chi connectivity index (χ3v) is 13.7. The number of ether oxygens (including phenoxy) is 10. The lowest BCUT2D eigenvalue weighted by molar-refractivity contribution is -0.292. The van der Waals surface area contributed by atoms with Crippen molar-refractivity contribution in [2.75, 3.05) is 13.7 Å². The molecule has 11 aliphatic rings. The second kappa shape index (κ2) is 13.0. The first-order valence-electron chi connectivity index (χ1n) is 19.6. The second-order valence-corrected chi connectivity index (χ2v) is 17.0. The molecule has 11 fully saturated rings. The molecule has 0 radical (unpaired) electrons. The van der Waals surface area contributed by atoms with Crippen LogP contribution in [0.5, 0.6) is 0 Å². The molecule has 12 unspecified atom stereocenters. The predicted octanol–water partition coefficient (Wildman–Crippen LogP) is 4.27. The standard InChI is InChI=1S/C39H54O11/c1-19-4-5-22-6-8-27-20(2)12-24(44-27)10-11-39-17-32-35(49-39)36-37(48-32)38(50-39)34-28(47-36)9-7-23(45-34)13-21(40)14-26-30(16-29(19)43-22)46-31(33(26)41-3)15-25-18-42-25/h22-38H,1-2,4-18H2,3H3/t22?,23?,24?,25?,26?,27?,28?,29?,30-,31?,32?,33+,34-,35?,36-,37?,38-,39-/m0/s1. The van der Waals surface area contributed by atoms with Gasteiger partial charge in [0.25, 0.3) is 0 Å². The molecule has 50 heavy (non-hydrogen) atoms. The van der Waals surface area contributed by atoms with Crippen LogP contribution in [0.15, 0.2) is 24.3 Å². The van der Waals surface area contributed by atoms with Gasteiger partial charge in [-0.3, -0.25) is 4.79 Å². The van der Waals surface area contributed by atoms with Crippen LogP contribution in [0.1, 0.15) is 89.9 Å². The molecule has 0 aromatic rings. The van der Waals surface area contributed by atoms with E-state index in [1.54, 1.807) is 7.11 Å². The van der Waals surface area contributed by atoms with Crippen molar-refractivity contribution in [1.82, 2.24) is 0 Å². The molecule has 11 heteroatoms. The normalized spacial score (nSPS) is 54.4. The molecule has 18 atom stereocenters. The zero-order valence-electron chi connectivity index (χ0n) is 29.3. The molecule has 11 heterocycles. The third-order valence-electron chi connectivity index (χ3n) is 13.7. The Morgan fingerprint density at radius 1 is 0.720 bits per heavy atom. The van der Waals surface area contributed by atoms with E-state index < -0.39 is 5.79 Å². The molecule has 11 nitrogen and oxygen atoms in total. The van der Waals surface area contributed by atoms with Crippen LogP contribution < -0.4 is 0 Å². The number of carbonyl (C=O) groups is 1. The number of fused-ring (bicyclic) bond motifs is 6. The zero-order valence-corrected chi connectivity index (χ0v) is 29.3. The number of hydrogen-bond acceptors (Lipinski definition) is 11. The van der Waals surface area contributed by atoms with Gasteiger partial charge < -0.3 is 47.4 Å².